The van der Waals surface area contributed by atoms with E-state index in [0.29, 0.717) is 22.2 Å². The molecule has 0 radical (unpaired) electrons. The molecule has 0 saturated heterocycles. The minimum absolute atomic E-state index is 0.0361. The number of anilines is 1. The Hall–Kier alpha value is -3.85. The van der Waals surface area contributed by atoms with E-state index in [1.165, 1.54) is 18.2 Å². The fourth-order valence-corrected chi connectivity index (χ4v) is 4.52. The predicted molar refractivity (Wildman–Crippen MR) is 126 cm³/mol. The molecule has 0 aliphatic heterocycles. The van der Waals surface area contributed by atoms with Gasteiger partial charge in [-0.1, -0.05) is 19.1 Å². The molecule has 2 heterocycles. The van der Waals surface area contributed by atoms with Gasteiger partial charge in [-0.2, -0.15) is 0 Å². The van der Waals surface area contributed by atoms with Crippen LogP contribution >= 0.6 is 0 Å². The van der Waals surface area contributed by atoms with Crippen molar-refractivity contribution in [3.63, 3.8) is 0 Å². The smallest absolute Gasteiger partial charge is 0.261 e. The average Bonchev–Trinajstić information content (AvgIpc) is 3.22. The third kappa shape index (κ3) is 4.68. The minimum Gasteiger partial charge on any atom is -0.345 e. The maximum Gasteiger partial charge on any atom is 0.261 e. The first-order valence-corrected chi connectivity index (χ1v) is 11.6. The van der Waals surface area contributed by atoms with E-state index in [0.717, 1.165) is 17.7 Å². The SMILES string of the molecule is CN=CC(C)c1cnc2[nH]cc(C(=O)c3cccc(NS(=O)(=O)c4ccc(F)cc4)c3)c2c1. The first-order valence-electron chi connectivity index (χ1n) is 10.1. The van der Waals surface area contributed by atoms with Gasteiger partial charge in [-0.15, -0.1) is 0 Å². The lowest BCUT2D eigenvalue weighted by molar-refractivity contribution is 0.104. The van der Waals surface area contributed by atoms with Gasteiger partial charge in [-0.3, -0.25) is 9.52 Å². The second-order valence-corrected chi connectivity index (χ2v) is 9.21. The largest absolute Gasteiger partial charge is 0.345 e. The van der Waals surface area contributed by atoms with E-state index in [1.54, 1.807) is 43.9 Å². The van der Waals surface area contributed by atoms with E-state index in [2.05, 4.69) is 19.7 Å². The number of benzene rings is 2. The summed E-state index contributed by atoms with van der Waals surface area (Å²) in [6, 6.07) is 12.6. The van der Waals surface area contributed by atoms with Crippen LogP contribution in [0, 0.1) is 5.82 Å². The van der Waals surface area contributed by atoms with Crippen LogP contribution in [0.15, 0.2) is 76.9 Å². The third-order valence-electron chi connectivity index (χ3n) is 5.20. The van der Waals surface area contributed by atoms with Gasteiger partial charge in [-0.05, 0) is 48.0 Å². The summed E-state index contributed by atoms with van der Waals surface area (Å²) in [5, 5.41) is 0.672. The van der Waals surface area contributed by atoms with E-state index in [4.69, 9.17) is 0 Å². The van der Waals surface area contributed by atoms with Crippen LogP contribution in [0.5, 0.6) is 0 Å². The Morgan fingerprint density at radius 2 is 1.94 bits per heavy atom. The van der Waals surface area contributed by atoms with Crippen LogP contribution in [-0.4, -0.2) is 37.4 Å². The highest BCUT2D eigenvalue weighted by Gasteiger charge is 2.19. The molecule has 0 aliphatic carbocycles. The molecule has 1 atom stereocenters. The van der Waals surface area contributed by atoms with Gasteiger partial charge < -0.3 is 9.98 Å². The quantitative estimate of drug-likeness (QED) is 0.310. The van der Waals surface area contributed by atoms with Gasteiger partial charge >= 0.3 is 0 Å². The molecule has 0 fully saturated rings. The van der Waals surface area contributed by atoms with Crippen LogP contribution in [0.3, 0.4) is 0 Å². The zero-order valence-electron chi connectivity index (χ0n) is 17.9. The average molecular weight is 465 g/mol. The fraction of sp³-hybridized carbons (Fsp3) is 0.125. The Labute approximate surface area is 190 Å². The summed E-state index contributed by atoms with van der Waals surface area (Å²) >= 11 is 0. The number of aromatic nitrogens is 2. The molecule has 0 aliphatic rings. The maximum absolute atomic E-state index is 13.3. The number of nitrogens with zero attached hydrogens (tertiary/aromatic N) is 2. The second kappa shape index (κ2) is 8.95. The number of pyridine rings is 1. The molecule has 33 heavy (non-hydrogen) atoms. The molecule has 0 saturated carbocycles. The predicted octanol–water partition coefficient (Wildman–Crippen LogP) is 4.54. The molecule has 4 rings (SSSR count). The molecule has 2 aromatic heterocycles. The molecule has 9 heteroatoms. The number of H-pyrrole nitrogens is 1. The molecule has 0 spiro atoms. The number of sulfonamides is 1. The number of aromatic amines is 1. The van der Waals surface area contributed by atoms with Crippen molar-refractivity contribution in [3.05, 3.63) is 89.5 Å². The van der Waals surface area contributed by atoms with Gasteiger partial charge in [0, 0.05) is 53.8 Å². The van der Waals surface area contributed by atoms with E-state index in [9.17, 15) is 17.6 Å². The molecule has 7 nitrogen and oxygen atoms in total. The highest BCUT2D eigenvalue weighted by Crippen LogP contribution is 2.25. The van der Waals surface area contributed by atoms with Gasteiger partial charge in [0.2, 0.25) is 0 Å². The lowest BCUT2D eigenvalue weighted by Crippen LogP contribution is -2.13. The maximum atomic E-state index is 13.3. The van der Waals surface area contributed by atoms with Crippen LogP contribution in [0.25, 0.3) is 11.0 Å². The molecule has 4 aromatic rings. The van der Waals surface area contributed by atoms with Gasteiger partial charge in [0.1, 0.15) is 11.5 Å². The van der Waals surface area contributed by atoms with Gasteiger partial charge in [0.15, 0.2) is 5.78 Å². The monoisotopic (exact) mass is 464 g/mol. The summed E-state index contributed by atoms with van der Waals surface area (Å²) in [7, 11) is -2.24. The zero-order valence-corrected chi connectivity index (χ0v) is 18.7. The molecule has 0 amide bonds. The number of carbonyl (C=O) groups is 1. The number of aliphatic imine (C=N–C) groups is 1. The van der Waals surface area contributed by atoms with Crippen molar-refractivity contribution in [2.24, 2.45) is 4.99 Å². The minimum atomic E-state index is -3.94. The molecular formula is C24H21FN4O3S. The highest BCUT2D eigenvalue weighted by molar-refractivity contribution is 7.92. The Bertz CT molecular complexity index is 1460. The normalized spacial score (nSPS) is 12.8. The number of halogens is 1. The third-order valence-corrected chi connectivity index (χ3v) is 6.59. The van der Waals surface area contributed by atoms with Gasteiger partial charge in [0.25, 0.3) is 10.0 Å². The summed E-state index contributed by atoms with van der Waals surface area (Å²) in [5.41, 5.74) is 2.46. The highest BCUT2D eigenvalue weighted by atomic mass is 32.2. The molecule has 0 bridgehead atoms. The van der Waals surface area contributed by atoms with Crippen LogP contribution in [-0.2, 0) is 10.0 Å². The van der Waals surface area contributed by atoms with Crippen LogP contribution in [0.2, 0.25) is 0 Å². The lowest BCUT2D eigenvalue weighted by Gasteiger charge is -2.10. The van der Waals surface area contributed by atoms with Crippen molar-refractivity contribution in [3.8, 4) is 0 Å². The summed E-state index contributed by atoms with van der Waals surface area (Å²) in [4.78, 5) is 24.6. The van der Waals surface area contributed by atoms with Gasteiger partial charge in [-0.25, -0.2) is 17.8 Å². The Morgan fingerprint density at radius 1 is 1.18 bits per heavy atom. The van der Waals surface area contributed by atoms with E-state index in [1.807, 2.05) is 13.0 Å². The number of carbonyl (C=O) groups excluding carboxylic acids is 1. The van der Waals surface area contributed by atoms with Crippen molar-refractivity contribution in [2.75, 3.05) is 11.8 Å². The standard InChI is InChI=1S/C24H21FN4O3S/c1-15(12-26-2)17-11-21-22(14-28-24(21)27-13-17)23(30)16-4-3-5-19(10-16)29-33(31,32)20-8-6-18(25)7-9-20/h3-15,29H,1-2H3,(H,27,28). The van der Waals surface area contributed by atoms with Crippen molar-refractivity contribution < 1.29 is 17.6 Å². The number of fused-ring (bicyclic) bond motifs is 1. The summed E-state index contributed by atoms with van der Waals surface area (Å²) in [6.07, 6.45) is 5.13. The molecular weight excluding hydrogens is 443 g/mol. The summed E-state index contributed by atoms with van der Waals surface area (Å²) in [6.45, 7) is 1.99. The van der Waals surface area contributed by atoms with Gasteiger partial charge in [0.05, 0.1) is 4.90 Å². The number of nitrogens with one attached hydrogen (secondary N) is 2. The second-order valence-electron chi connectivity index (χ2n) is 7.53. The van der Waals surface area contributed by atoms with E-state index >= 15 is 0 Å². The lowest BCUT2D eigenvalue weighted by atomic mass is 9.99. The van der Waals surface area contributed by atoms with Crippen LogP contribution in [0.1, 0.15) is 34.3 Å². The van der Waals surface area contributed by atoms with Crippen molar-refractivity contribution >= 4 is 38.7 Å². The van der Waals surface area contributed by atoms with Crippen LogP contribution < -0.4 is 4.72 Å². The number of hydrogen-bond acceptors (Lipinski definition) is 5. The number of rotatable bonds is 7. The Morgan fingerprint density at radius 3 is 2.67 bits per heavy atom. The molecule has 1 unspecified atom stereocenters. The Balaban J connectivity index is 1.65. The number of ketones is 1. The molecule has 2 N–H and O–H groups in total. The number of hydrogen-bond donors (Lipinski definition) is 2. The Kier molecular flexibility index (Phi) is 6.06. The van der Waals surface area contributed by atoms with Crippen molar-refractivity contribution in [1.82, 2.24) is 9.97 Å². The van der Waals surface area contributed by atoms with Crippen LogP contribution in [0.4, 0.5) is 10.1 Å². The molecule has 168 valence electrons. The van der Waals surface area contributed by atoms with E-state index in [-0.39, 0.29) is 22.3 Å². The first-order chi connectivity index (χ1) is 15.8. The fourth-order valence-electron chi connectivity index (χ4n) is 3.47. The first kappa shape index (κ1) is 22.3. The molecule has 2 aromatic carbocycles. The van der Waals surface area contributed by atoms with E-state index < -0.39 is 15.8 Å². The van der Waals surface area contributed by atoms with Crippen molar-refractivity contribution in [1.29, 1.82) is 0 Å². The summed E-state index contributed by atoms with van der Waals surface area (Å²) < 4.78 is 40.8. The topological polar surface area (TPSA) is 104 Å². The van der Waals surface area contributed by atoms with Crippen molar-refractivity contribution in [2.45, 2.75) is 17.7 Å². The zero-order chi connectivity index (χ0) is 23.6. The summed E-state index contributed by atoms with van der Waals surface area (Å²) in [5.74, 6) is -0.775.